The van der Waals surface area contributed by atoms with Crippen molar-refractivity contribution in [2.75, 3.05) is 0 Å². The molecule has 1 N–H and O–H groups in total. The molecule has 0 atom stereocenters. The highest BCUT2D eigenvalue weighted by atomic mass is 16.2. The first-order chi connectivity index (χ1) is 9.75. The molecule has 0 aromatic carbocycles. The van der Waals surface area contributed by atoms with Crippen LogP contribution in [0.15, 0.2) is 30.2 Å². The van der Waals surface area contributed by atoms with Gasteiger partial charge in [0.2, 0.25) is 0 Å². The van der Waals surface area contributed by atoms with Gasteiger partial charge in [-0.3, -0.25) is 14.7 Å². The summed E-state index contributed by atoms with van der Waals surface area (Å²) in [5, 5.41) is 2.68. The lowest BCUT2D eigenvalue weighted by Crippen LogP contribution is -2.41. The average Bonchev–Trinajstić information content (AvgIpc) is 2.75. The lowest BCUT2D eigenvalue weighted by Gasteiger charge is -2.28. The highest BCUT2D eigenvalue weighted by molar-refractivity contribution is 6.14. The van der Waals surface area contributed by atoms with Crippen molar-refractivity contribution in [1.82, 2.24) is 15.2 Å². The molecule has 0 radical (unpaired) electrons. The van der Waals surface area contributed by atoms with Crippen LogP contribution in [-0.2, 0) is 4.79 Å². The Labute approximate surface area is 117 Å². The highest BCUT2D eigenvalue weighted by Crippen LogP contribution is 2.26. The highest BCUT2D eigenvalue weighted by Gasteiger charge is 2.38. The predicted molar refractivity (Wildman–Crippen MR) is 74.5 cm³/mol. The number of pyridine rings is 1. The van der Waals surface area contributed by atoms with Crippen molar-refractivity contribution in [2.45, 2.75) is 38.1 Å². The topological polar surface area (TPSA) is 62.3 Å². The van der Waals surface area contributed by atoms with E-state index in [4.69, 9.17) is 0 Å². The van der Waals surface area contributed by atoms with E-state index in [-0.39, 0.29) is 18.0 Å². The molecule has 2 aliphatic rings. The number of imide groups is 1. The molecule has 5 nitrogen and oxygen atoms in total. The minimum absolute atomic E-state index is 0.0552. The molecule has 3 amide bonds. The minimum Gasteiger partial charge on any atom is -0.303 e. The summed E-state index contributed by atoms with van der Waals surface area (Å²) in [5.74, 6) is -0.210. The van der Waals surface area contributed by atoms with Gasteiger partial charge in [-0.05, 0) is 36.6 Å². The summed E-state index contributed by atoms with van der Waals surface area (Å²) in [6, 6.07) is 3.37. The standard InChI is InChI=1S/C15H17N3O2/c19-14-13(10-11-6-8-16-9-7-11)17-15(20)18(14)12-4-2-1-3-5-12/h6-10,12H,1-5H2,(H,17,20)/b13-10-. The normalized spacial score (nSPS) is 22.4. The number of nitrogens with zero attached hydrogens (tertiary/aromatic N) is 2. The molecule has 104 valence electrons. The van der Waals surface area contributed by atoms with Crippen molar-refractivity contribution in [1.29, 1.82) is 0 Å². The van der Waals surface area contributed by atoms with Crippen molar-refractivity contribution in [3.63, 3.8) is 0 Å². The molecule has 20 heavy (non-hydrogen) atoms. The molecule has 1 aliphatic heterocycles. The van der Waals surface area contributed by atoms with E-state index < -0.39 is 0 Å². The summed E-state index contributed by atoms with van der Waals surface area (Å²) >= 11 is 0. The fourth-order valence-corrected chi connectivity index (χ4v) is 2.85. The number of carbonyl (C=O) groups is 2. The van der Waals surface area contributed by atoms with Crippen molar-refractivity contribution in [3.8, 4) is 0 Å². The Morgan fingerprint density at radius 2 is 1.85 bits per heavy atom. The molecule has 1 saturated carbocycles. The van der Waals surface area contributed by atoms with E-state index in [1.165, 1.54) is 11.3 Å². The van der Waals surface area contributed by atoms with Gasteiger partial charge in [0.15, 0.2) is 0 Å². The fraction of sp³-hybridized carbons (Fsp3) is 0.400. The number of carbonyl (C=O) groups excluding carboxylic acids is 2. The van der Waals surface area contributed by atoms with Gasteiger partial charge in [0.25, 0.3) is 5.91 Å². The van der Waals surface area contributed by atoms with E-state index in [1.807, 2.05) is 0 Å². The molecular weight excluding hydrogens is 254 g/mol. The van der Waals surface area contributed by atoms with E-state index in [0.717, 1.165) is 31.2 Å². The first-order valence-electron chi connectivity index (χ1n) is 7.02. The van der Waals surface area contributed by atoms with Gasteiger partial charge in [-0.15, -0.1) is 0 Å². The van der Waals surface area contributed by atoms with Crippen LogP contribution in [0, 0.1) is 0 Å². The molecule has 2 fully saturated rings. The second-order valence-corrected chi connectivity index (χ2v) is 5.24. The third-order valence-electron chi connectivity index (χ3n) is 3.87. The van der Waals surface area contributed by atoms with Crippen LogP contribution in [0.25, 0.3) is 6.08 Å². The number of hydrogen-bond acceptors (Lipinski definition) is 3. The first kappa shape index (κ1) is 12.8. The SMILES string of the molecule is O=C1N/C(=C\c2ccncc2)C(=O)N1C1CCCCC1. The van der Waals surface area contributed by atoms with Gasteiger partial charge in [-0.25, -0.2) is 4.79 Å². The third-order valence-corrected chi connectivity index (χ3v) is 3.87. The van der Waals surface area contributed by atoms with Crippen molar-refractivity contribution in [2.24, 2.45) is 0 Å². The lowest BCUT2D eigenvalue weighted by atomic mass is 9.94. The number of urea groups is 1. The van der Waals surface area contributed by atoms with Crippen LogP contribution in [0.3, 0.4) is 0 Å². The fourth-order valence-electron chi connectivity index (χ4n) is 2.85. The monoisotopic (exact) mass is 271 g/mol. The number of rotatable bonds is 2. The van der Waals surface area contributed by atoms with Crippen LogP contribution in [0.5, 0.6) is 0 Å². The second-order valence-electron chi connectivity index (χ2n) is 5.24. The first-order valence-corrected chi connectivity index (χ1v) is 7.02. The van der Waals surface area contributed by atoms with Gasteiger partial charge < -0.3 is 5.32 Å². The van der Waals surface area contributed by atoms with E-state index >= 15 is 0 Å². The maximum Gasteiger partial charge on any atom is 0.329 e. The summed E-state index contributed by atoms with van der Waals surface area (Å²) in [7, 11) is 0. The van der Waals surface area contributed by atoms with E-state index in [9.17, 15) is 9.59 Å². The van der Waals surface area contributed by atoms with Crippen molar-refractivity contribution >= 4 is 18.0 Å². The molecule has 0 spiro atoms. The smallest absolute Gasteiger partial charge is 0.303 e. The van der Waals surface area contributed by atoms with Crippen LogP contribution in [0.1, 0.15) is 37.7 Å². The summed E-state index contributed by atoms with van der Waals surface area (Å²) in [4.78, 5) is 29.7. The molecule has 1 saturated heterocycles. The van der Waals surface area contributed by atoms with Gasteiger partial charge in [0.1, 0.15) is 5.70 Å². The van der Waals surface area contributed by atoms with Gasteiger partial charge in [-0.2, -0.15) is 0 Å². The number of amides is 3. The van der Waals surface area contributed by atoms with Gasteiger partial charge >= 0.3 is 6.03 Å². The van der Waals surface area contributed by atoms with Crippen molar-refractivity contribution in [3.05, 3.63) is 35.8 Å². The summed E-state index contributed by atoms with van der Waals surface area (Å²) in [5.41, 5.74) is 1.21. The van der Waals surface area contributed by atoms with Crippen LogP contribution in [0.2, 0.25) is 0 Å². The summed E-state index contributed by atoms with van der Waals surface area (Å²) < 4.78 is 0. The van der Waals surface area contributed by atoms with Crippen LogP contribution in [-0.4, -0.2) is 27.9 Å². The maximum absolute atomic E-state index is 12.4. The number of aromatic nitrogens is 1. The van der Waals surface area contributed by atoms with Gasteiger partial charge in [0.05, 0.1) is 0 Å². The molecule has 0 bridgehead atoms. The minimum atomic E-state index is -0.290. The molecule has 3 rings (SSSR count). The third kappa shape index (κ3) is 2.43. The van der Waals surface area contributed by atoms with Crippen LogP contribution in [0.4, 0.5) is 4.79 Å². The van der Waals surface area contributed by atoms with E-state index in [1.54, 1.807) is 30.6 Å². The molecule has 1 aromatic rings. The molecule has 5 heteroatoms. The molecular formula is C15H17N3O2. The van der Waals surface area contributed by atoms with E-state index in [0.29, 0.717) is 5.70 Å². The zero-order valence-electron chi connectivity index (χ0n) is 11.2. The van der Waals surface area contributed by atoms with Gasteiger partial charge in [0, 0.05) is 18.4 Å². The van der Waals surface area contributed by atoms with Crippen LogP contribution < -0.4 is 5.32 Å². The lowest BCUT2D eigenvalue weighted by molar-refractivity contribution is -0.124. The Bertz CT molecular complexity index is 547. The molecule has 0 unspecified atom stereocenters. The average molecular weight is 271 g/mol. The van der Waals surface area contributed by atoms with E-state index in [2.05, 4.69) is 10.3 Å². The largest absolute Gasteiger partial charge is 0.329 e. The Hall–Kier alpha value is -2.17. The Kier molecular flexibility index (Phi) is 3.50. The zero-order valence-corrected chi connectivity index (χ0v) is 11.2. The molecule has 1 aliphatic carbocycles. The maximum atomic E-state index is 12.4. The zero-order chi connectivity index (χ0) is 13.9. The number of hydrogen-bond donors (Lipinski definition) is 1. The van der Waals surface area contributed by atoms with Crippen molar-refractivity contribution < 1.29 is 9.59 Å². The second kappa shape index (κ2) is 5.45. The predicted octanol–water partition coefficient (Wildman–Crippen LogP) is 2.31. The Morgan fingerprint density at radius 3 is 2.55 bits per heavy atom. The number of nitrogens with one attached hydrogen (secondary N) is 1. The molecule has 2 heterocycles. The summed E-state index contributed by atoms with van der Waals surface area (Å²) in [6.45, 7) is 0. The van der Waals surface area contributed by atoms with Gasteiger partial charge in [-0.1, -0.05) is 19.3 Å². The van der Waals surface area contributed by atoms with Crippen LogP contribution >= 0.6 is 0 Å². The molecule has 1 aromatic heterocycles. The summed E-state index contributed by atoms with van der Waals surface area (Å²) in [6.07, 6.45) is 10.2. The quantitative estimate of drug-likeness (QED) is 0.663. The Balaban J connectivity index is 1.81. The Morgan fingerprint density at radius 1 is 1.15 bits per heavy atom.